The molecule has 0 unspecified atom stereocenters. The predicted octanol–water partition coefficient (Wildman–Crippen LogP) is 1.80. The van der Waals surface area contributed by atoms with E-state index in [4.69, 9.17) is 4.74 Å². The van der Waals surface area contributed by atoms with Crippen LogP contribution in [-0.2, 0) is 0 Å². The van der Waals surface area contributed by atoms with E-state index in [1.165, 1.54) is 0 Å². The first kappa shape index (κ1) is 14.1. The Balaban J connectivity index is 1.44. The second kappa shape index (κ2) is 5.95. The molecular formula is C17H18N4O2. The van der Waals surface area contributed by atoms with Gasteiger partial charge in [-0.1, -0.05) is 0 Å². The number of carbonyl (C=O) groups excluding carboxylic acids is 1. The molecule has 0 bridgehead atoms. The van der Waals surface area contributed by atoms with Crippen molar-refractivity contribution in [1.29, 1.82) is 0 Å². The number of likely N-dealkylation sites (tertiary alicyclic amines) is 1. The van der Waals surface area contributed by atoms with Gasteiger partial charge < -0.3 is 9.64 Å². The van der Waals surface area contributed by atoms with Gasteiger partial charge in [-0.25, -0.2) is 9.97 Å². The summed E-state index contributed by atoms with van der Waals surface area (Å²) in [5.74, 6) is 1.87. The lowest BCUT2D eigenvalue weighted by atomic mass is 9.99. The topological polar surface area (TPSA) is 68.2 Å². The quantitative estimate of drug-likeness (QED) is 0.865. The summed E-state index contributed by atoms with van der Waals surface area (Å²) in [6.07, 6.45) is 8.96. The van der Waals surface area contributed by atoms with Crippen LogP contribution < -0.4 is 4.74 Å². The molecular weight excluding hydrogens is 292 g/mol. The van der Waals surface area contributed by atoms with E-state index in [2.05, 4.69) is 15.0 Å². The highest BCUT2D eigenvalue weighted by Gasteiger charge is 2.45. The summed E-state index contributed by atoms with van der Waals surface area (Å²) in [7, 11) is 0. The average molecular weight is 310 g/mol. The van der Waals surface area contributed by atoms with Crippen molar-refractivity contribution in [3.8, 4) is 5.75 Å². The average Bonchev–Trinajstić information content (AvgIpc) is 3.18. The van der Waals surface area contributed by atoms with E-state index in [9.17, 15) is 4.79 Å². The number of fused-ring (bicyclic) bond motifs is 1. The largest absolute Gasteiger partial charge is 0.488 e. The van der Waals surface area contributed by atoms with Gasteiger partial charge >= 0.3 is 0 Å². The van der Waals surface area contributed by atoms with Crippen LogP contribution in [0.1, 0.15) is 23.5 Å². The number of hydrogen-bond donors (Lipinski definition) is 0. The van der Waals surface area contributed by atoms with Crippen LogP contribution in [0.25, 0.3) is 0 Å². The third-order valence-corrected chi connectivity index (χ3v) is 4.76. The van der Waals surface area contributed by atoms with Crippen LogP contribution in [0.3, 0.4) is 0 Å². The second-order valence-corrected chi connectivity index (χ2v) is 6.13. The number of rotatable bonds is 3. The van der Waals surface area contributed by atoms with Gasteiger partial charge in [0.25, 0.3) is 5.91 Å². The van der Waals surface area contributed by atoms with Crippen molar-refractivity contribution >= 4 is 5.91 Å². The summed E-state index contributed by atoms with van der Waals surface area (Å²) in [4.78, 5) is 26.6. The molecule has 1 aliphatic carbocycles. The smallest absolute Gasteiger partial charge is 0.291 e. The van der Waals surface area contributed by atoms with E-state index in [1.807, 2.05) is 17.0 Å². The van der Waals surface area contributed by atoms with Gasteiger partial charge in [0, 0.05) is 37.6 Å². The fourth-order valence-electron chi connectivity index (χ4n) is 3.67. The molecule has 6 heteroatoms. The molecule has 1 amide bonds. The van der Waals surface area contributed by atoms with Crippen molar-refractivity contribution in [2.75, 3.05) is 13.1 Å². The van der Waals surface area contributed by atoms with Gasteiger partial charge in [0.15, 0.2) is 0 Å². The second-order valence-electron chi connectivity index (χ2n) is 6.13. The lowest BCUT2D eigenvalue weighted by Crippen LogP contribution is -2.33. The predicted molar refractivity (Wildman–Crippen MR) is 82.8 cm³/mol. The van der Waals surface area contributed by atoms with Crippen LogP contribution in [0.5, 0.6) is 5.75 Å². The van der Waals surface area contributed by atoms with Crippen molar-refractivity contribution < 1.29 is 9.53 Å². The van der Waals surface area contributed by atoms with Crippen LogP contribution >= 0.6 is 0 Å². The molecule has 2 aromatic heterocycles. The van der Waals surface area contributed by atoms with Gasteiger partial charge in [0.2, 0.25) is 5.82 Å². The highest BCUT2D eigenvalue weighted by molar-refractivity contribution is 5.90. The molecule has 1 saturated heterocycles. The van der Waals surface area contributed by atoms with Gasteiger partial charge in [0.1, 0.15) is 11.9 Å². The molecule has 2 aliphatic rings. The lowest BCUT2D eigenvalue weighted by Gasteiger charge is -2.21. The molecule has 0 radical (unpaired) electrons. The number of amides is 1. The number of nitrogens with zero attached hydrogens (tertiary/aromatic N) is 4. The number of ether oxygens (including phenoxy) is 1. The SMILES string of the molecule is O=C(c1ncccn1)N1C[C@H]2CC[C@H](Oc3cccnc3)[C@H]2C1. The maximum atomic E-state index is 12.5. The number of aromatic nitrogens is 3. The first-order valence-electron chi connectivity index (χ1n) is 7.94. The highest BCUT2D eigenvalue weighted by atomic mass is 16.5. The molecule has 118 valence electrons. The van der Waals surface area contributed by atoms with E-state index in [0.29, 0.717) is 18.4 Å². The summed E-state index contributed by atoms with van der Waals surface area (Å²) >= 11 is 0. The molecule has 1 aliphatic heterocycles. The third kappa shape index (κ3) is 2.76. The minimum Gasteiger partial charge on any atom is -0.488 e. The molecule has 6 nitrogen and oxygen atoms in total. The molecule has 2 aromatic rings. The van der Waals surface area contributed by atoms with Crippen LogP contribution in [0.2, 0.25) is 0 Å². The normalized spacial score (nSPS) is 26.1. The van der Waals surface area contributed by atoms with Crippen LogP contribution in [0.4, 0.5) is 0 Å². The Kier molecular flexibility index (Phi) is 3.65. The molecule has 0 aromatic carbocycles. The Hall–Kier alpha value is -2.50. The molecule has 3 atom stereocenters. The third-order valence-electron chi connectivity index (χ3n) is 4.76. The van der Waals surface area contributed by atoms with E-state index in [0.717, 1.165) is 25.1 Å². The molecule has 3 heterocycles. The van der Waals surface area contributed by atoms with Gasteiger partial charge in [-0.05, 0) is 37.0 Å². The summed E-state index contributed by atoms with van der Waals surface area (Å²) < 4.78 is 6.09. The maximum absolute atomic E-state index is 12.5. The van der Waals surface area contributed by atoms with Crippen molar-refractivity contribution in [3.63, 3.8) is 0 Å². The lowest BCUT2D eigenvalue weighted by molar-refractivity contribution is 0.0750. The summed E-state index contributed by atoms with van der Waals surface area (Å²) in [6.45, 7) is 1.49. The van der Waals surface area contributed by atoms with Gasteiger partial charge in [0.05, 0.1) is 6.20 Å². The summed E-state index contributed by atoms with van der Waals surface area (Å²) in [5, 5.41) is 0. The highest BCUT2D eigenvalue weighted by Crippen LogP contribution is 2.40. The maximum Gasteiger partial charge on any atom is 0.291 e. The van der Waals surface area contributed by atoms with Crippen LogP contribution in [-0.4, -0.2) is 45.0 Å². The minimum atomic E-state index is -0.0832. The first-order chi connectivity index (χ1) is 11.3. The first-order valence-corrected chi connectivity index (χ1v) is 7.94. The van der Waals surface area contributed by atoms with E-state index in [1.54, 1.807) is 30.9 Å². The number of carbonyl (C=O) groups is 1. The zero-order chi connectivity index (χ0) is 15.6. The van der Waals surface area contributed by atoms with Gasteiger partial charge in [-0.15, -0.1) is 0 Å². The van der Waals surface area contributed by atoms with Gasteiger partial charge in [-0.3, -0.25) is 9.78 Å². The van der Waals surface area contributed by atoms with Gasteiger partial charge in [-0.2, -0.15) is 0 Å². The minimum absolute atomic E-state index is 0.0832. The van der Waals surface area contributed by atoms with Crippen LogP contribution in [0, 0.1) is 11.8 Å². The molecule has 2 fully saturated rings. The van der Waals surface area contributed by atoms with E-state index < -0.39 is 0 Å². The standard InChI is InChI=1S/C17H18N4O2/c22-17(16-19-7-2-8-20-16)21-10-12-4-5-15(14(12)11-21)23-13-3-1-6-18-9-13/h1-3,6-9,12,14-15H,4-5,10-11H2/t12-,14+,15+/m1/s1. The van der Waals surface area contributed by atoms with Crippen molar-refractivity contribution in [2.45, 2.75) is 18.9 Å². The van der Waals surface area contributed by atoms with Crippen LogP contribution in [0.15, 0.2) is 43.0 Å². The number of pyridine rings is 1. The summed E-state index contributed by atoms with van der Waals surface area (Å²) in [6, 6.07) is 5.52. The zero-order valence-electron chi connectivity index (χ0n) is 12.7. The molecule has 1 saturated carbocycles. The molecule has 0 N–H and O–H groups in total. The van der Waals surface area contributed by atoms with Crippen molar-refractivity contribution in [2.24, 2.45) is 11.8 Å². The number of hydrogen-bond acceptors (Lipinski definition) is 5. The zero-order valence-corrected chi connectivity index (χ0v) is 12.7. The van der Waals surface area contributed by atoms with Crippen molar-refractivity contribution in [1.82, 2.24) is 19.9 Å². The monoisotopic (exact) mass is 310 g/mol. The molecule has 4 rings (SSSR count). The van der Waals surface area contributed by atoms with Crippen molar-refractivity contribution in [3.05, 3.63) is 48.8 Å². The Morgan fingerprint density at radius 1 is 1.13 bits per heavy atom. The van der Waals surface area contributed by atoms with E-state index >= 15 is 0 Å². The fourth-order valence-corrected chi connectivity index (χ4v) is 3.67. The Morgan fingerprint density at radius 2 is 2.00 bits per heavy atom. The Bertz CT molecular complexity index is 680. The Morgan fingerprint density at radius 3 is 2.78 bits per heavy atom. The summed E-state index contributed by atoms with van der Waals surface area (Å²) in [5.41, 5.74) is 0. The molecule has 23 heavy (non-hydrogen) atoms. The fraction of sp³-hybridized carbons (Fsp3) is 0.412. The van der Waals surface area contributed by atoms with E-state index in [-0.39, 0.29) is 17.8 Å². The molecule has 0 spiro atoms. The Labute approximate surface area is 134 Å².